The van der Waals surface area contributed by atoms with E-state index in [1.165, 1.54) is 0 Å². The molecule has 0 fully saturated rings. The van der Waals surface area contributed by atoms with Gasteiger partial charge in [0.25, 0.3) is 5.56 Å². The van der Waals surface area contributed by atoms with Crippen LogP contribution in [0.15, 0.2) is 29.1 Å². The normalized spacial score (nSPS) is 12.0. The van der Waals surface area contributed by atoms with Gasteiger partial charge in [-0.15, -0.1) is 0 Å². The SMILES string of the molecule is Cc1ccc2[nH]c(=O)c(CN(C(=O)C(C)C)C(C)(C)C)cc2c1. The zero-order chi connectivity index (χ0) is 17.4. The van der Waals surface area contributed by atoms with Crippen LogP contribution in [0.4, 0.5) is 0 Å². The second-order valence-electron chi connectivity index (χ2n) is 7.46. The quantitative estimate of drug-likeness (QED) is 0.940. The van der Waals surface area contributed by atoms with E-state index in [1.54, 1.807) is 4.90 Å². The molecule has 0 bridgehead atoms. The Kier molecular flexibility index (Phi) is 4.64. The number of aromatic amines is 1. The Balaban J connectivity index is 2.47. The van der Waals surface area contributed by atoms with Gasteiger partial charge in [-0.05, 0) is 51.3 Å². The van der Waals surface area contributed by atoms with Crippen molar-refractivity contribution in [1.29, 1.82) is 0 Å². The molecular formula is C19H26N2O2. The molecule has 1 N–H and O–H groups in total. The molecule has 1 aromatic carbocycles. The average Bonchev–Trinajstić information content (AvgIpc) is 2.43. The minimum Gasteiger partial charge on any atom is -0.333 e. The lowest BCUT2D eigenvalue weighted by molar-refractivity contribution is -0.140. The fourth-order valence-electron chi connectivity index (χ4n) is 2.62. The molecule has 0 atom stereocenters. The highest BCUT2D eigenvalue weighted by Crippen LogP contribution is 2.21. The monoisotopic (exact) mass is 314 g/mol. The second-order valence-corrected chi connectivity index (χ2v) is 7.46. The number of fused-ring (bicyclic) bond motifs is 1. The van der Waals surface area contributed by atoms with Crippen molar-refractivity contribution >= 4 is 16.8 Å². The minimum absolute atomic E-state index is 0.0567. The zero-order valence-electron chi connectivity index (χ0n) is 14.9. The third kappa shape index (κ3) is 3.81. The molecule has 2 rings (SSSR count). The first-order valence-corrected chi connectivity index (χ1v) is 8.03. The summed E-state index contributed by atoms with van der Waals surface area (Å²) in [5, 5.41) is 0.991. The number of hydrogen-bond donors (Lipinski definition) is 1. The topological polar surface area (TPSA) is 53.2 Å². The Labute approximate surface area is 137 Å². The van der Waals surface area contributed by atoms with Crippen molar-refractivity contribution < 1.29 is 4.79 Å². The van der Waals surface area contributed by atoms with Crippen LogP contribution >= 0.6 is 0 Å². The largest absolute Gasteiger partial charge is 0.333 e. The van der Waals surface area contributed by atoms with Gasteiger partial charge in [0.1, 0.15) is 0 Å². The number of nitrogens with one attached hydrogen (secondary N) is 1. The molecule has 0 radical (unpaired) electrons. The van der Waals surface area contributed by atoms with Gasteiger partial charge >= 0.3 is 0 Å². The molecule has 124 valence electrons. The van der Waals surface area contributed by atoms with Crippen molar-refractivity contribution in [3.05, 3.63) is 45.7 Å². The molecule has 0 unspecified atom stereocenters. The summed E-state index contributed by atoms with van der Waals surface area (Å²) in [7, 11) is 0. The lowest BCUT2D eigenvalue weighted by Crippen LogP contribution is -2.47. The number of amides is 1. The standard InChI is InChI=1S/C19H26N2O2/c1-12(2)18(23)21(19(4,5)6)11-15-10-14-9-13(3)7-8-16(14)20-17(15)22/h7-10,12H,11H2,1-6H3,(H,20,22). The Morgan fingerprint density at radius 3 is 2.43 bits per heavy atom. The van der Waals surface area contributed by atoms with Crippen molar-refractivity contribution in [2.24, 2.45) is 5.92 Å². The van der Waals surface area contributed by atoms with Crippen molar-refractivity contribution in [2.75, 3.05) is 0 Å². The molecule has 2 aromatic rings. The van der Waals surface area contributed by atoms with E-state index in [0.29, 0.717) is 12.1 Å². The van der Waals surface area contributed by atoms with E-state index in [0.717, 1.165) is 16.5 Å². The van der Waals surface area contributed by atoms with Crippen LogP contribution in [0.25, 0.3) is 10.9 Å². The fourth-order valence-corrected chi connectivity index (χ4v) is 2.62. The lowest BCUT2D eigenvalue weighted by Gasteiger charge is -2.37. The lowest BCUT2D eigenvalue weighted by atomic mass is 10.0. The summed E-state index contributed by atoms with van der Waals surface area (Å²) in [5.74, 6) is -0.0442. The molecule has 0 aliphatic heterocycles. The van der Waals surface area contributed by atoms with Gasteiger partial charge in [0.2, 0.25) is 5.91 Å². The van der Waals surface area contributed by atoms with Crippen LogP contribution < -0.4 is 5.56 Å². The number of aryl methyl sites for hydroxylation is 1. The number of carbonyl (C=O) groups is 1. The van der Waals surface area contributed by atoms with E-state index >= 15 is 0 Å². The van der Waals surface area contributed by atoms with Gasteiger partial charge in [0.15, 0.2) is 0 Å². The number of carbonyl (C=O) groups excluding carboxylic acids is 1. The Hall–Kier alpha value is -2.10. The second kappa shape index (κ2) is 6.19. The summed E-state index contributed by atoms with van der Waals surface area (Å²) in [6, 6.07) is 7.83. The Morgan fingerprint density at radius 2 is 1.87 bits per heavy atom. The third-order valence-electron chi connectivity index (χ3n) is 3.97. The predicted molar refractivity (Wildman–Crippen MR) is 94.4 cm³/mol. The van der Waals surface area contributed by atoms with Gasteiger partial charge in [-0.25, -0.2) is 0 Å². The Morgan fingerprint density at radius 1 is 1.22 bits per heavy atom. The van der Waals surface area contributed by atoms with E-state index in [2.05, 4.69) is 4.98 Å². The molecule has 1 amide bonds. The van der Waals surface area contributed by atoms with Gasteiger partial charge in [-0.2, -0.15) is 0 Å². The van der Waals surface area contributed by atoms with Crippen LogP contribution in [-0.2, 0) is 11.3 Å². The predicted octanol–water partition coefficient (Wildman–Crippen LogP) is 3.62. The van der Waals surface area contributed by atoms with Gasteiger partial charge in [0, 0.05) is 22.5 Å². The molecule has 0 spiro atoms. The van der Waals surface area contributed by atoms with Gasteiger partial charge in [-0.3, -0.25) is 9.59 Å². The maximum absolute atomic E-state index is 12.5. The molecule has 23 heavy (non-hydrogen) atoms. The van der Waals surface area contributed by atoms with Crippen molar-refractivity contribution in [1.82, 2.24) is 9.88 Å². The number of rotatable bonds is 3. The van der Waals surface area contributed by atoms with Crippen LogP contribution in [0.2, 0.25) is 0 Å². The van der Waals surface area contributed by atoms with Crippen LogP contribution in [0.5, 0.6) is 0 Å². The number of nitrogens with zero attached hydrogens (tertiary/aromatic N) is 1. The van der Waals surface area contributed by atoms with E-state index < -0.39 is 0 Å². The summed E-state index contributed by atoms with van der Waals surface area (Å²) in [6.07, 6.45) is 0. The molecule has 0 aliphatic rings. The van der Waals surface area contributed by atoms with Gasteiger partial charge < -0.3 is 9.88 Å². The maximum Gasteiger partial charge on any atom is 0.253 e. The first kappa shape index (κ1) is 17.3. The number of aromatic nitrogens is 1. The van der Waals surface area contributed by atoms with Crippen LogP contribution in [-0.4, -0.2) is 21.3 Å². The third-order valence-corrected chi connectivity index (χ3v) is 3.97. The minimum atomic E-state index is -0.338. The highest BCUT2D eigenvalue weighted by atomic mass is 16.2. The highest BCUT2D eigenvalue weighted by Gasteiger charge is 2.28. The smallest absolute Gasteiger partial charge is 0.253 e. The van der Waals surface area contributed by atoms with Crippen molar-refractivity contribution in [3.63, 3.8) is 0 Å². The molecule has 1 aromatic heterocycles. The van der Waals surface area contributed by atoms with Crippen LogP contribution in [0.3, 0.4) is 0 Å². The van der Waals surface area contributed by atoms with E-state index in [9.17, 15) is 9.59 Å². The van der Waals surface area contributed by atoms with E-state index in [-0.39, 0.29) is 22.9 Å². The summed E-state index contributed by atoms with van der Waals surface area (Å²) in [4.78, 5) is 29.6. The molecule has 0 saturated heterocycles. The summed E-state index contributed by atoms with van der Waals surface area (Å²) < 4.78 is 0. The molecule has 1 heterocycles. The van der Waals surface area contributed by atoms with Crippen LogP contribution in [0.1, 0.15) is 45.7 Å². The number of hydrogen-bond acceptors (Lipinski definition) is 2. The molecular weight excluding hydrogens is 288 g/mol. The number of benzene rings is 1. The van der Waals surface area contributed by atoms with Crippen LogP contribution in [0, 0.1) is 12.8 Å². The summed E-state index contributed by atoms with van der Waals surface area (Å²) in [5.41, 5.74) is 2.11. The highest BCUT2D eigenvalue weighted by molar-refractivity contribution is 5.81. The first-order chi connectivity index (χ1) is 10.6. The van der Waals surface area contributed by atoms with Gasteiger partial charge in [0.05, 0.1) is 6.54 Å². The zero-order valence-corrected chi connectivity index (χ0v) is 14.9. The van der Waals surface area contributed by atoms with Gasteiger partial charge in [-0.1, -0.05) is 25.5 Å². The molecule has 4 heteroatoms. The number of H-pyrrole nitrogens is 1. The van der Waals surface area contributed by atoms with Crippen molar-refractivity contribution in [2.45, 2.75) is 53.6 Å². The number of pyridine rings is 1. The van der Waals surface area contributed by atoms with E-state index in [4.69, 9.17) is 0 Å². The first-order valence-electron chi connectivity index (χ1n) is 8.03. The molecule has 4 nitrogen and oxygen atoms in total. The van der Waals surface area contributed by atoms with Crippen molar-refractivity contribution in [3.8, 4) is 0 Å². The molecule has 0 aliphatic carbocycles. The Bertz CT molecular complexity index is 782. The van der Waals surface area contributed by atoms with E-state index in [1.807, 2.05) is 65.8 Å². The average molecular weight is 314 g/mol. The molecule has 0 saturated carbocycles. The maximum atomic E-state index is 12.5. The summed E-state index contributed by atoms with van der Waals surface area (Å²) in [6.45, 7) is 12.1. The fraction of sp³-hybridized carbons (Fsp3) is 0.474. The summed E-state index contributed by atoms with van der Waals surface area (Å²) >= 11 is 0.